The van der Waals surface area contributed by atoms with E-state index in [0.717, 1.165) is 34.4 Å². The summed E-state index contributed by atoms with van der Waals surface area (Å²) < 4.78 is 6.77. The van der Waals surface area contributed by atoms with E-state index in [1.807, 2.05) is 48.5 Å². The maximum absolute atomic E-state index is 12.2. The number of para-hydroxylation sites is 1. The van der Waals surface area contributed by atoms with Gasteiger partial charge in [-0.05, 0) is 42.7 Å². The van der Waals surface area contributed by atoms with Gasteiger partial charge in [0.05, 0.1) is 16.8 Å². The highest BCUT2D eigenvalue weighted by Gasteiger charge is 2.21. The van der Waals surface area contributed by atoms with Gasteiger partial charge in [0.2, 0.25) is 0 Å². The average Bonchev–Trinajstić information content (AvgIpc) is 3.27. The number of rotatable bonds is 12. The van der Waals surface area contributed by atoms with Crippen molar-refractivity contribution in [2.45, 2.75) is 44.6 Å². The number of benzene rings is 2. The van der Waals surface area contributed by atoms with Crippen LogP contribution in [0.1, 0.15) is 37.7 Å². The van der Waals surface area contributed by atoms with Gasteiger partial charge in [0, 0.05) is 18.9 Å². The van der Waals surface area contributed by atoms with Crippen molar-refractivity contribution in [3.63, 3.8) is 0 Å². The van der Waals surface area contributed by atoms with Crippen LogP contribution in [0, 0.1) is 5.92 Å². The molecule has 3 aromatic rings. The fourth-order valence-electron chi connectivity index (χ4n) is 4.26. The molecular formula is C26H31N3O4S. The number of nitrogens with one attached hydrogen (secondary N) is 2. The summed E-state index contributed by atoms with van der Waals surface area (Å²) in [6, 6.07) is 14.4. The topological polar surface area (TPSA) is 101 Å². The monoisotopic (exact) mass is 481 g/mol. The van der Waals surface area contributed by atoms with Gasteiger partial charge in [-0.25, -0.2) is 9.78 Å². The molecule has 1 atom stereocenters. The van der Waals surface area contributed by atoms with E-state index < -0.39 is 12.0 Å². The number of ketones is 1. The Balaban J connectivity index is 1.21. The summed E-state index contributed by atoms with van der Waals surface area (Å²) >= 11 is 1.45. The minimum Gasteiger partial charge on any atom is -0.492 e. The van der Waals surface area contributed by atoms with Crippen LogP contribution in [0.15, 0.2) is 48.5 Å². The molecule has 1 saturated carbocycles. The summed E-state index contributed by atoms with van der Waals surface area (Å²) in [7, 11) is 0. The van der Waals surface area contributed by atoms with Gasteiger partial charge in [0.1, 0.15) is 24.2 Å². The molecule has 0 saturated heterocycles. The molecule has 0 aliphatic heterocycles. The number of aromatic nitrogens is 1. The molecule has 2 aromatic carbocycles. The minimum atomic E-state index is -0.923. The van der Waals surface area contributed by atoms with E-state index in [1.165, 1.54) is 30.6 Å². The predicted octanol–water partition coefficient (Wildman–Crippen LogP) is 4.52. The zero-order valence-corrected chi connectivity index (χ0v) is 20.0. The normalized spacial score (nSPS) is 15.2. The lowest BCUT2D eigenvalue weighted by Crippen LogP contribution is -2.32. The standard InChI is InChI=1S/C26H31N3O4S/c30-23(19-6-2-1-3-7-19)17-27-14-15-33-20-12-10-18(11-13-20)16-22(25(31)32)29-26-28-21-8-4-5-9-24(21)34-26/h4-5,8-13,19,22,27H,1-3,6-7,14-17H2,(H,28,29)(H,31,32)/t22-/m0/s1. The molecule has 1 aliphatic carbocycles. The Morgan fingerprint density at radius 1 is 1.09 bits per heavy atom. The number of thiazole rings is 1. The molecule has 8 heteroatoms. The molecule has 4 rings (SSSR count). The number of carboxylic acids is 1. The van der Waals surface area contributed by atoms with E-state index in [-0.39, 0.29) is 5.92 Å². The molecule has 1 aromatic heterocycles. The van der Waals surface area contributed by atoms with Gasteiger partial charge in [-0.15, -0.1) is 0 Å². The van der Waals surface area contributed by atoms with Crippen molar-refractivity contribution < 1.29 is 19.4 Å². The Hall–Kier alpha value is -2.97. The van der Waals surface area contributed by atoms with Crippen molar-refractivity contribution in [1.29, 1.82) is 0 Å². The zero-order valence-electron chi connectivity index (χ0n) is 19.2. The largest absolute Gasteiger partial charge is 0.492 e. The number of carbonyl (C=O) groups excluding carboxylic acids is 1. The smallest absolute Gasteiger partial charge is 0.326 e. The second-order valence-electron chi connectivity index (χ2n) is 8.70. The molecule has 7 nitrogen and oxygen atoms in total. The number of hydrogen-bond acceptors (Lipinski definition) is 7. The summed E-state index contributed by atoms with van der Waals surface area (Å²) in [5.41, 5.74) is 1.75. The lowest BCUT2D eigenvalue weighted by molar-refractivity contribution is -0.137. The quantitative estimate of drug-likeness (QED) is 0.327. The van der Waals surface area contributed by atoms with Crippen LogP contribution in [0.5, 0.6) is 5.75 Å². The minimum absolute atomic E-state index is 0.230. The molecule has 0 bridgehead atoms. The summed E-state index contributed by atoms with van der Waals surface area (Å²) in [4.78, 5) is 28.5. The van der Waals surface area contributed by atoms with Crippen LogP contribution >= 0.6 is 11.3 Å². The number of Topliss-reactive ketones (excluding diaryl/α,β-unsaturated/α-hetero) is 1. The first-order valence-corrected chi connectivity index (χ1v) is 12.7. The number of aliphatic carboxylic acids is 1. The fraction of sp³-hybridized carbons (Fsp3) is 0.423. The third-order valence-corrected chi connectivity index (χ3v) is 7.13. The maximum atomic E-state index is 12.2. The maximum Gasteiger partial charge on any atom is 0.326 e. The van der Waals surface area contributed by atoms with Crippen LogP contribution in [0.3, 0.4) is 0 Å². The molecule has 0 unspecified atom stereocenters. The Kier molecular flexibility index (Phi) is 8.49. The first-order valence-electron chi connectivity index (χ1n) is 11.9. The lowest BCUT2D eigenvalue weighted by Gasteiger charge is -2.20. The highest BCUT2D eigenvalue weighted by molar-refractivity contribution is 7.22. The predicted molar refractivity (Wildman–Crippen MR) is 135 cm³/mol. The Labute approximate surface area is 203 Å². The van der Waals surface area contributed by atoms with Gasteiger partial charge in [-0.2, -0.15) is 0 Å². The molecular weight excluding hydrogens is 450 g/mol. The first kappa shape index (κ1) is 24.2. The van der Waals surface area contributed by atoms with Crippen molar-refractivity contribution >= 4 is 38.4 Å². The number of ether oxygens (including phenoxy) is 1. The number of carboxylic acid groups (broad SMARTS) is 1. The van der Waals surface area contributed by atoms with E-state index in [0.29, 0.717) is 37.0 Å². The highest BCUT2D eigenvalue weighted by Crippen LogP contribution is 2.27. The SMILES string of the molecule is O=C(CNCCOc1ccc(C[C@H](Nc2nc3ccccc3s2)C(=O)O)cc1)C1CCCCC1. The van der Waals surface area contributed by atoms with Gasteiger partial charge in [0.15, 0.2) is 5.13 Å². The molecule has 180 valence electrons. The fourth-order valence-corrected chi connectivity index (χ4v) is 5.18. The Morgan fingerprint density at radius 2 is 1.85 bits per heavy atom. The summed E-state index contributed by atoms with van der Waals surface area (Å²) in [5.74, 6) is 0.341. The third-order valence-electron chi connectivity index (χ3n) is 6.16. The van der Waals surface area contributed by atoms with E-state index in [2.05, 4.69) is 15.6 Å². The van der Waals surface area contributed by atoms with E-state index in [4.69, 9.17) is 4.74 Å². The van der Waals surface area contributed by atoms with Crippen molar-refractivity contribution in [1.82, 2.24) is 10.3 Å². The second kappa shape index (κ2) is 11.9. The number of carbonyl (C=O) groups is 2. The van der Waals surface area contributed by atoms with Crippen molar-refractivity contribution in [3.05, 3.63) is 54.1 Å². The number of fused-ring (bicyclic) bond motifs is 1. The highest BCUT2D eigenvalue weighted by atomic mass is 32.1. The zero-order chi connectivity index (χ0) is 23.8. The lowest BCUT2D eigenvalue weighted by atomic mass is 9.86. The molecule has 0 radical (unpaired) electrons. The van der Waals surface area contributed by atoms with Crippen LogP contribution in [0.2, 0.25) is 0 Å². The molecule has 0 spiro atoms. The summed E-state index contributed by atoms with van der Waals surface area (Å²) in [6.45, 7) is 1.48. The van der Waals surface area contributed by atoms with Gasteiger partial charge in [0.25, 0.3) is 0 Å². The van der Waals surface area contributed by atoms with E-state index in [1.54, 1.807) is 0 Å². The molecule has 1 fully saturated rings. The molecule has 3 N–H and O–H groups in total. The Bertz CT molecular complexity index is 1060. The van der Waals surface area contributed by atoms with Gasteiger partial charge >= 0.3 is 5.97 Å². The van der Waals surface area contributed by atoms with Crippen LogP contribution in [0.25, 0.3) is 10.2 Å². The second-order valence-corrected chi connectivity index (χ2v) is 9.73. The molecule has 34 heavy (non-hydrogen) atoms. The molecule has 1 heterocycles. The summed E-state index contributed by atoms with van der Waals surface area (Å²) in [5, 5.41) is 16.5. The van der Waals surface area contributed by atoms with Crippen molar-refractivity contribution in [2.24, 2.45) is 5.92 Å². The van der Waals surface area contributed by atoms with Gasteiger partial charge in [-0.1, -0.05) is 54.9 Å². The molecule has 0 amide bonds. The van der Waals surface area contributed by atoms with Crippen molar-refractivity contribution in [2.75, 3.05) is 25.0 Å². The van der Waals surface area contributed by atoms with Crippen molar-refractivity contribution in [3.8, 4) is 5.75 Å². The first-order chi connectivity index (χ1) is 16.6. The van der Waals surface area contributed by atoms with E-state index >= 15 is 0 Å². The van der Waals surface area contributed by atoms with Crippen LogP contribution < -0.4 is 15.4 Å². The van der Waals surface area contributed by atoms with Crippen LogP contribution in [-0.4, -0.2) is 47.6 Å². The van der Waals surface area contributed by atoms with Crippen LogP contribution in [0.4, 0.5) is 5.13 Å². The van der Waals surface area contributed by atoms with Gasteiger partial charge < -0.3 is 20.5 Å². The van der Waals surface area contributed by atoms with Gasteiger partial charge in [-0.3, -0.25) is 4.79 Å². The Morgan fingerprint density at radius 3 is 2.59 bits per heavy atom. The van der Waals surface area contributed by atoms with E-state index in [9.17, 15) is 14.7 Å². The number of hydrogen-bond donors (Lipinski definition) is 3. The average molecular weight is 482 g/mol. The van der Waals surface area contributed by atoms with Crippen LogP contribution in [-0.2, 0) is 16.0 Å². The third kappa shape index (κ3) is 6.77. The molecule has 1 aliphatic rings. The number of nitrogens with zero attached hydrogens (tertiary/aromatic N) is 1. The summed E-state index contributed by atoms with van der Waals surface area (Å²) in [6.07, 6.45) is 5.98. The number of anilines is 1.